The normalized spacial score (nSPS) is 17.1. The van der Waals surface area contributed by atoms with Crippen LogP contribution in [-0.4, -0.2) is 52.2 Å². The average Bonchev–Trinajstić information content (AvgIpc) is 3.25. The molecular weight excluding hydrogens is 358 g/mol. The maximum absolute atomic E-state index is 12.9. The third kappa shape index (κ3) is 2.93. The molecule has 1 atom stereocenters. The van der Waals surface area contributed by atoms with Crippen molar-refractivity contribution in [2.45, 2.75) is 6.04 Å². The van der Waals surface area contributed by atoms with Crippen molar-refractivity contribution in [2.24, 2.45) is 0 Å². The zero-order chi connectivity index (χ0) is 18.8. The number of benzene rings is 1. The van der Waals surface area contributed by atoms with Crippen molar-refractivity contribution in [3.8, 4) is 11.5 Å². The van der Waals surface area contributed by atoms with Crippen LogP contribution in [0.5, 0.6) is 11.5 Å². The van der Waals surface area contributed by atoms with Gasteiger partial charge in [-0.15, -0.1) is 11.3 Å². The van der Waals surface area contributed by atoms with Crippen LogP contribution >= 0.6 is 11.3 Å². The summed E-state index contributed by atoms with van der Waals surface area (Å²) in [6, 6.07) is 6.85. The minimum Gasteiger partial charge on any atom is -0.504 e. The number of ether oxygens (including phenoxy) is 1. The molecule has 1 aliphatic heterocycles. The molecule has 1 aromatic carbocycles. The predicted octanol–water partition coefficient (Wildman–Crippen LogP) is 2.03. The van der Waals surface area contributed by atoms with Gasteiger partial charge in [-0.05, 0) is 29.1 Å². The second-order valence-electron chi connectivity index (χ2n) is 5.62. The number of rotatable bonds is 6. The van der Waals surface area contributed by atoms with Crippen molar-refractivity contribution in [3.63, 3.8) is 0 Å². The first-order valence-corrected chi connectivity index (χ1v) is 8.67. The Kier molecular flexibility index (Phi) is 4.97. The van der Waals surface area contributed by atoms with Gasteiger partial charge in [-0.2, -0.15) is 0 Å². The Bertz CT molecular complexity index is 874. The number of hydrogen-bond acceptors (Lipinski definition) is 7. The number of ketones is 1. The monoisotopic (exact) mass is 375 g/mol. The first-order chi connectivity index (χ1) is 12.5. The fourth-order valence-corrected chi connectivity index (χ4v) is 3.65. The third-order valence-electron chi connectivity index (χ3n) is 4.15. The van der Waals surface area contributed by atoms with Crippen LogP contribution in [0.25, 0.3) is 0 Å². The zero-order valence-corrected chi connectivity index (χ0v) is 14.7. The Hall–Kier alpha value is -2.84. The Morgan fingerprint density at radius 3 is 2.69 bits per heavy atom. The lowest BCUT2D eigenvalue weighted by molar-refractivity contribution is -0.129. The lowest BCUT2D eigenvalue weighted by atomic mass is 9.95. The number of thiophene rings is 1. The first-order valence-electron chi connectivity index (χ1n) is 7.79. The highest BCUT2D eigenvalue weighted by molar-refractivity contribution is 7.12. The largest absolute Gasteiger partial charge is 0.504 e. The highest BCUT2D eigenvalue weighted by atomic mass is 32.1. The van der Waals surface area contributed by atoms with Gasteiger partial charge in [0.05, 0.1) is 30.2 Å². The molecule has 1 aliphatic rings. The van der Waals surface area contributed by atoms with Crippen LogP contribution < -0.4 is 4.74 Å². The van der Waals surface area contributed by atoms with Crippen LogP contribution in [0.3, 0.4) is 0 Å². The number of carbonyl (C=O) groups is 2. The summed E-state index contributed by atoms with van der Waals surface area (Å²) in [5, 5.41) is 31.2. The number of Topliss-reactive ketones (excluding diaryl/α,β-unsaturated/α-hetero) is 1. The predicted molar refractivity (Wildman–Crippen MR) is 94.5 cm³/mol. The molecule has 1 amide bonds. The van der Waals surface area contributed by atoms with Crippen LogP contribution in [0.15, 0.2) is 47.0 Å². The van der Waals surface area contributed by atoms with E-state index in [-0.39, 0.29) is 30.2 Å². The standard InChI is InChI=1S/C18H17NO6S/c1-25-12-9-10(4-5-11(12)21)15-14(16(22)13-3-2-8-26-13)17(23)18(24)19(15)6-7-20/h2-5,8-9,15,20-21,23H,6-7H2,1H3. The fraction of sp³-hybridized carbons (Fsp3) is 0.222. The number of hydrogen-bond donors (Lipinski definition) is 3. The molecule has 2 aromatic rings. The Morgan fingerprint density at radius 1 is 1.31 bits per heavy atom. The first kappa shape index (κ1) is 18.0. The van der Waals surface area contributed by atoms with Gasteiger partial charge in [-0.25, -0.2) is 0 Å². The van der Waals surface area contributed by atoms with Crippen LogP contribution in [0, 0.1) is 0 Å². The lowest BCUT2D eigenvalue weighted by Crippen LogP contribution is -2.33. The maximum Gasteiger partial charge on any atom is 0.290 e. The minimum atomic E-state index is -0.890. The number of nitrogens with zero attached hydrogens (tertiary/aromatic N) is 1. The number of aliphatic hydroxyl groups is 2. The van der Waals surface area contributed by atoms with Gasteiger partial charge in [0.1, 0.15) is 0 Å². The summed E-state index contributed by atoms with van der Waals surface area (Å²) >= 11 is 1.20. The number of aromatic hydroxyl groups is 1. The number of amides is 1. The molecule has 0 saturated carbocycles. The SMILES string of the molecule is COc1cc(C2C(C(=O)c3cccs3)=C(O)C(=O)N2CCO)ccc1O. The molecule has 8 heteroatoms. The number of phenols is 1. The molecule has 0 saturated heterocycles. The van der Waals surface area contributed by atoms with Gasteiger partial charge in [0.2, 0.25) is 5.78 Å². The molecule has 136 valence electrons. The highest BCUT2D eigenvalue weighted by Gasteiger charge is 2.43. The molecule has 0 radical (unpaired) electrons. The molecule has 0 aliphatic carbocycles. The molecule has 7 nitrogen and oxygen atoms in total. The van der Waals surface area contributed by atoms with E-state index in [0.717, 1.165) is 0 Å². The van der Waals surface area contributed by atoms with Gasteiger partial charge in [0.25, 0.3) is 5.91 Å². The number of methoxy groups -OCH3 is 1. The molecule has 0 spiro atoms. The average molecular weight is 375 g/mol. The van der Waals surface area contributed by atoms with Gasteiger partial charge in [-0.1, -0.05) is 12.1 Å². The van der Waals surface area contributed by atoms with Crippen LogP contribution in [-0.2, 0) is 4.79 Å². The Balaban J connectivity index is 2.13. The van der Waals surface area contributed by atoms with Crippen molar-refractivity contribution in [1.29, 1.82) is 0 Å². The van der Waals surface area contributed by atoms with E-state index in [2.05, 4.69) is 0 Å². The molecule has 1 unspecified atom stereocenters. The van der Waals surface area contributed by atoms with E-state index in [1.54, 1.807) is 23.6 Å². The van der Waals surface area contributed by atoms with Crippen molar-refractivity contribution >= 4 is 23.0 Å². The van der Waals surface area contributed by atoms with Crippen LogP contribution in [0.4, 0.5) is 0 Å². The summed E-state index contributed by atoms with van der Waals surface area (Å²) in [7, 11) is 1.38. The van der Waals surface area contributed by atoms with Gasteiger partial charge < -0.3 is 25.0 Å². The molecule has 26 heavy (non-hydrogen) atoms. The van der Waals surface area contributed by atoms with Gasteiger partial charge >= 0.3 is 0 Å². The zero-order valence-electron chi connectivity index (χ0n) is 13.9. The molecule has 1 aromatic heterocycles. The summed E-state index contributed by atoms with van der Waals surface area (Å²) in [6.45, 7) is -0.386. The summed E-state index contributed by atoms with van der Waals surface area (Å²) in [5.41, 5.74) is 0.420. The van der Waals surface area contributed by atoms with Crippen molar-refractivity contribution in [1.82, 2.24) is 4.90 Å². The van der Waals surface area contributed by atoms with Gasteiger partial charge in [-0.3, -0.25) is 9.59 Å². The summed E-state index contributed by atoms with van der Waals surface area (Å²) in [4.78, 5) is 27.0. The summed E-state index contributed by atoms with van der Waals surface area (Å²) < 4.78 is 5.10. The smallest absolute Gasteiger partial charge is 0.290 e. The van der Waals surface area contributed by atoms with E-state index in [1.807, 2.05) is 0 Å². The quantitative estimate of drug-likeness (QED) is 0.667. The topological polar surface area (TPSA) is 107 Å². The molecule has 2 heterocycles. The highest BCUT2D eigenvalue weighted by Crippen LogP contribution is 2.41. The minimum absolute atomic E-state index is 0.0568. The number of phenolic OH excluding ortho intramolecular Hbond substituents is 1. The van der Waals surface area contributed by atoms with Crippen LogP contribution in [0.1, 0.15) is 21.3 Å². The number of aliphatic hydroxyl groups excluding tert-OH is 2. The van der Waals surface area contributed by atoms with E-state index < -0.39 is 23.5 Å². The maximum atomic E-state index is 12.9. The van der Waals surface area contributed by atoms with Crippen molar-refractivity contribution in [3.05, 3.63) is 57.5 Å². The van der Waals surface area contributed by atoms with E-state index in [4.69, 9.17) is 4.74 Å². The van der Waals surface area contributed by atoms with Gasteiger partial charge in [0.15, 0.2) is 17.3 Å². The van der Waals surface area contributed by atoms with Crippen LogP contribution in [0.2, 0.25) is 0 Å². The second kappa shape index (κ2) is 7.19. The molecular formula is C18H17NO6S. The fourth-order valence-electron chi connectivity index (χ4n) is 2.98. The Labute approximate surface area is 153 Å². The summed E-state index contributed by atoms with van der Waals surface area (Å²) in [6.07, 6.45) is 0. The number of β-amino-alcohol motifs (C(OH)–C–C–N with tert-alkyl or cyclic N) is 1. The Morgan fingerprint density at radius 2 is 2.08 bits per heavy atom. The molecule has 0 fully saturated rings. The molecule has 3 rings (SSSR count). The van der Waals surface area contributed by atoms with Crippen molar-refractivity contribution in [2.75, 3.05) is 20.3 Å². The summed E-state index contributed by atoms with van der Waals surface area (Å²) in [5.74, 6) is -1.73. The molecule has 0 bridgehead atoms. The number of carbonyl (C=O) groups excluding carboxylic acids is 2. The molecule has 3 N–H and O–H groups in total. The lowest BCUT2D eigenvalue weighted by Gasteiger charge is -2.26. The van der Waals surface area contributed by atoms with E-state index in [0.29, 0.717) is 10.4 Å². The van der Waals surface area contributed by atoms with Crippen molar-refractivity contribution < 1.29 is 29.6 Å². The van der Waals surface area contributed by atoms with Gasteiger partial charge in [0, 0.05) is 6.54 Å². The van der Waals surface area contributed by atoms with E-state index >= 15 is 0 Å². The third-order valence-corrected chi connectivity index (χ3v) is 5.02. The second-order valence-corrected chi connectivity index (χ2v) is 6.57. The van der Waals surface area contributed by atoms with E-state index in [1.165, 1.54) is 35.5 Å². The van der Waals surface area contributed by atoms with E-state index in [9.17, 15) is 24.9 Å².